The number of aromatic nitrogens is 1. The van der Waals surface area contributed by atoms with Crippen LogP contribution in [0.1, 0.15) is 0 Å². The standard InChI is InChI=1S/C9H6ClF3N2S/c10-7-1-2-8(15-4-7)16-5-6(3-14)9(11,12)13/h1-2,4,6H,5H2. The first-order chi connectivity index (χ1) is 7.43. The maximum atomic E-state index is 12.2. The zero-order valence-corrected chi connectivity index (χ0v) is 9.40. The second-order valence-electron chi connectivity index (χ2n) is 2.85. The molecule has 1 atom stereocenters. The summed E-state index contributed by atoms with van der Waals surface area (Å²) < 4.78 is 36.6. The third-order valence-corrected chi connectivity index (χ3v) is 2.91. The molecule has 0 aliphatic heterocycles. The van der Waals surface area contributed by atoms with Crippen molar-refractivity contribution < 1.29 is 13.2 Å². The third-order valence-electron chi connectivity index (χ3n) is 1.65. The number of halogens is 4. The number of nitrogens with zero attached hydrogens (tertiary/aromatic N) is 2. The van der Waals surface area contributed by atoms with E-state index in [0.29, 0.717) is 10.0 Å². The first-order valence-electron chi connectivity index (χ1n) is 4.14. The Kier molecular flexibility index (Phi) is 4.44. The predicted molar refractivity (Wildman–Crippen MR) is 55.1 cm³/mol. The highest BCUT2D eigenvalue weighted by molar-refractivity contribution is 7.99. The fraction of sp³-hybridized carbons (Fsp3) is 0.333. The zero-order valence-electron chi connectivity index (χ0n) is 7.83. The lowest BCUT2D eigenvalue weighted by molar-refractivity contribution is -0.152. The number of alkyl halides is 3. The van der Waals surface area contributed by atoms with Gasteiger partial charge in [-0.3, -0.25) is 0 Å². The van der Waals surface area contributed by atoms with Gasteiger partial charge in [0.15, 0.2) is 5.92 Å². The van der Waals surface area contributed by atoms with Crippen LogP contribution in [0.5, 0.6) is 0 Å². The van der Waals surface area contributed by atoms with Gasteiger partial charge >= 0.3 is 6.18 Å². The highest BCUT2D eigenvalue weighted by Crippen LogP contribution is 2.30. The molecule has 0 spiro atoms. The molecule has 16 heavy (non-hydrogen) atoms. The Balaban J connectivity index is 2.57. The van der Waals surface area contributed by atoms with E-state index in [1.54, 1.807) is 0 Å². The number of rotatable bonds is 3. The summed E-state index contributed by atoms with van der Waals surface area (Å²) in [5.74, 6) is -2.34. The van der Waals surface area contributed by atoms with Gasteiger partial charge in [-0.25, -0.2) is 4.98 Å². The molecule has 0 saturated carbocycles. The minimum Gasteiger partial charge on any atom is -0.248 e. The number of pyridine rings is 1. The van der Waals surface area contributed by atoms with Crippen molar-refractivity contribution >= 4 is 23.4 Å². The van der Waals surface area contributed by atoms with Crippen LogP contribution in [-0.4, -0.2) is 16.9 Å². The molecule has 1 heterocycles. The molecule has 0 aliphatic rings. The molecule has 2 nitrogen and oxygen atoms in total. The molecule has 0 N–H and O–H groups in total. The van der Waals surface area contributed by atoms with Gasteiger partial charge in [-0.15, -0.1) is 11.8 Å². The molecule has 86 valence electrons. The highest BCUT2D eigenvalue weighted by atomic mass is 35.5. The van der Waals surface area contributed by atoms with Gasteiger partial charge in [0.1, 0.15) is 0 Å². The summed E-state index contributed by atoms with van der Waals surface area (Å²) in [6.45, 7) is 0. The second-order valence-corrected chi connectivity index (χ2v) is 4.33. The van der Waals surface area contributed by atoms with Crippen molar-refractivity contribution in [1.29, 1.82) is 5.26 Å². The van der Waals surface area contributed by atoms with Crippen molar-refractivity contribution in [3.8, 4) is 6.07 Å². The van der Waals surface area contributed by atoms with Crippen molar-refractivity contribution in [1.82, 2.24) is 4.98 Å². The van der Waals surface area contributed by atoms with Crippen LogP contribution in [0.4, 0.5) is 13.2 Å². The summed E-state index contributed by atoms with van der Waals surface area (Å²) in [7, 11) is 0. The minimum atomic E-state index is -4.49. The Morgan fingerprint density at radius 1 is 1.50 bits per heavy atom. The van der Waals surface area contributed by atoms with Gasteiger partial charge in [0.05, 0.1) is 16.1 Å². The lowest BCUT2D eigenvalue weighted by atomic mass is 10.2. The molecule has 0 aliphatic carbocycles. The Bertz CT molecular complexity index is 385. The van der Waals surface area contributed by atoms with Crippen LogP contribution in [0.15, 0.2) is 23.4 Å². The summed E-state index contributed by atoms with van der Waals surface area (Å²) in [5, 5.41) is 9.18. The van der Waals surface area contributed by atoms with Crippen molar-refractivity contribution in [2.45, 2.75) is 11.2 Å². The van der Waals surface area contributed by atoms with E-state index < -0.39 is 12.1 Å². The van der Waals surface area contributed by atoms with E-state index in [2.05, 4.69) is 4.98 Å². The van der Waals surface area contributed by atoms with Gasteiger partial charge in [-0.2, -0.15) is 18.4 Å². The van der Waals surface area contributed by atoms with E-state index in [1.165, 1.54) is 24.4 Å². The Labute approximate surface area is 99.4 Å². The number of hydrogen-bond acceptors (Lipinski definition) is 3. The van der Waals surface area contributed by atoms with E-state index in [4.69, 9.17) is 16.9 Å². The molecule has 0 radical (unpaired) electrons. The largest absolute Gasteiger partial charge is 0.405 e. The summed E-state index contributed by atoms with van der Waals surface area (Å²) in [5.41, 5.74) is 0. The van der Waals surface area contributed by atoms with E-state index in [0.717, 1.165) is 11.8 Å². The zero-order chi connectivity index (χ0) is 12.2. The van der Waals surface area contributed by atoms with Gasteiger partial charge in [0.25, 0.3) is 0 Å². The summed E-state index contributed by atoms with van der Waals surface area (Å²) >= 11 is 6.45. The summed E-state index contributed by atoms with van der Waals surface area (Å²) in [6, 6.07) is 4.27. The minimum absolute atomic E-state index is 0.366. The number of hydrogen-bond donors (Lipinski definition) is 0. The second kappa shape index (κ2) is 5.41. The summed E-state index contributed by atoms with van der Waals surface area (Å²) in [4.78, 5) is 3.82. The van der Waals surface area contributed by atoms with E-state index >= 15 is 0 Å². The maximum Gasteiger partial charge on any atom is 0.405 e. The molecule has 1 rings (SSSR count). The van der Waals surface area contributed by atoms with E-state index in [1.807, 2.05) is 0 Å². The van der Waals surface area contributed by atoms with Crippen LogP contribution in [-0.2, 0) is 0 Å². The third kappa shape index (κ3) is 3.91. The lowest BCUT2D eigenvalue weighted by Crippen LogP contribution is -2.23. The topological polar surface area (TPSA) is 36.7 Å². The van der Waals surface area contributed by atoms with E-state index in [9.17, 15) is 13.2 Å². The first kappa shape index (κ1) is 13.1. The highest BCUT2D eigenvalue weighted by Gasteiger charge is 2.39. The predicted octanol–water partition coefficient (Wildman–Crippen LogP) is 3.53. The van der Waals surface area contributed by atoms with Crippen LogP contribution >= 0.6 is 23.4 Å². The Morgan fingerprint density at radius 3 is 2.62 bits per heavy atom. The average Bonchev–Trinajstić information content (AvgIpc) is 2.19. The van der Waals surface area contributed by atoms with E-state index in [-0.39, 0.29) is 5.75 Å². The first-order valence-corrected chi connectivity index (χ1v) is 5.50. The Morgan fingerprint density at radius 2 is 2.19 bits per heavy atom. The molecule has 0 aromatic carbocycles. The molecule has 7 heteroatoms. The average molecular weight is 267 g/mol. The number of nitriles is 1. The fourth-order valence-corrected chi connectivity index (χ4v) is 1.83. The van der Waals surface area contributed by atoms with Crippen molar-refractivity contribution in [3.05, 3.63) is 23.4 Å². The van der Waals surface area contributed by atoms with Gasteiger partial charge in [0.2, 0.25) is 0 Å². The van der Waals surface area contributed by atoms with Gasteiger partial charge < -0.3 is 0 Å². The molecule has 0 fully saturated rings. The molecule has 1 unspecified atom stereocenters. The molecular weight excluding hydrogens is 261 g/mol. The van der Waals surface area contributed by atoms with Crippen LogP contribution in [0, 0.1) is 17.2 Å². The quantitative estimate of drug-likeness (QED) is 0.786. The normalized spacial score (nSPS) is 13.2. The molecule has 0 bridgehead atoms. The van der Waals surface area contributed by atoms with Gasteiger partial charge in [-0.1, -0.05) is 11.6 Å². The van der Waals surface area contributed by atoms with Gasteiger partial charge in [-0.05, 0) is 12.1 Å². The van der Waals surface area contributed by atoms with Crippen molar-refractivity contribution in [2.24, 2.45) is 5.92 Å². The van der Waals surface area contributed by atoms with Crippen LogP contribution in [0.25, 0.3) is 0 Å². The summed E-state index contributed by atoms with van der Waals surface area (Å²) in [6.07, 6.45) is -3.15. The monoisotopic (exact) mass is 266 g/mol. The molecular formula is C9H6ClF3N2S. The molecule has 0 amide bonds. The van der Waals surface area contributed by atoms with Crippen LogP contribution in [0.2, 0.25) is 5.02 Å². The lowest BCUT2D eigenvalue weighted by Gasteiger charge is -2.11. The fourth-order valence-electron chi connectivity index (χ4n) is 0.821. The molecule has 1 aromatic rings. The Hall–Kier alpha value is -0.930. The van der Waals surface area contributed by atoms with Crippen molar-refractivity contribution in [2.75, 3.05) is 5.75 Å². The smallest absolute Gasteiger partial charge is 0.248 e. The molecule has 1 aromatic heterocycles. The maximum absolute atomic E-state index is 12.2. The van der Waals surface area contributed by atoms with Crippen LogP contribution in [0.3, 0.4) is 0 Å². The van der Waals surface area contributed by atoms with Crippen LogP contribution < -0.4 is 0 Å². The van der Waals surface area contributed by atoms with Crippen molar-refractivity contribution in [3.63, 3.8) is 0 Å². The SMILES string of the molecule is N#CC(CSc1ccc(Cl)cn1)C(F)(F)F. The molecule has 0 saturated heterocycles. The van der Waals surface area contributed by atoms with Gasteiger partial charge in [0, 0.05) is 11.9 Å². The number of thioether (sulfide) groups is 1.